The molecule has 0 saturated heterocycles. The molecule has 2 aromatic rings. The van der Waals surface area contributed by atoms with Gasteiger partial charge in [-0.15, -0.1) is 10.2 Å². The Morgan fingerprint density at radius 3 is 2.38 bits per heavy atom. The van der Waals surface area contributed by atoms with Crippen molar-refractivity contribution in [1.82, 2.24) is 14.8 Å². The first-order valence-corrected chi connectivity index (χ1v) is 5.36. The van der Waals surface area contributed by atoms with E-state index in [2.05, 4.69) is 22.3 Å². The van der Waals surface area contributed by atoms with E-state index in [4.69, 9.17) is 5.73 Å². The number of nitrogens with two attached hydrogens (primary N) is 1. The van der Waals surface area contributed by atoms with Crippen molar-refractivity contribution in [2.75, 3.05) is 5.73 Å². The highest BCUT2D eigenvalue weighted by Crippen LogP contribution is 2.09. The van der Waals surface area contributed by atoms with Crippen molar-refractivity contribution >= 4 is 5.69 Å². The van der Waals surface area contributed by atoms with Crippen LogP contribution in [0.2, 0.25) is 0 Å². The standard InChI is InChI=1S/C12H16N4/c1-9-14-15-12(16(9)2)8-5-10-3-6-11(13)7-4-10/h3-4,6-7H,5,8,13H2,1-2H3. The van der Waals surface area contributed by atoms with Crippen LogP contribution < -0.4 is 5.73 Å². The first-order chi connectivity index (χ1) is 7.66. The Kier molecular flexibility index (Phi) is 2.90. The van der Waals surface area contributed by atoms with Gasteiger partial charge in [0.15, 0.2) is 0 Å². The van der Waals surface area contributed by atoms with Crippen molar-refractivity contribution < 1.29 is 0 Å². The highest BCUT2D eigenvalue weighted by Gasteiger charge is 2.04. The smallest absolute Gasteiger partial charge is 0.133 e. The maximum atomic E-state index is 5.63. The second-order valence-corrected chi connectivity index (χ2v) is 3.96. The third-order valence-electron chi connectivity index (χ3n) is 2.80. The van der Waals surface area contributed by atoms with Crippen LogP contribution in [0.5, 0.6) is 0 Å². The monoisotopic (exact) mass is 216 g/mol. The zero-order valence-electron chi connectivity index (χ0n) is 9.64. The Morgan fingerprint density at radius 2 is 1.81 bits per heavy atom. The van der Waals surface area contributed by atoms with Crippen LogP contribution >= 0.6 is 0 Å². The fourth-order valence-corrected chi connectivity index (χ4v) is 1.61. The molecule has 16 heavy (non-hydrogen) atoms. The highest BCUT2D eigenvalue weighted by molar-refractivity contribution is 5.39. The number of aryl methyl sites for hydroxylation is 3. The molecule has 0 saturated carbocycles. The lowest BCUT2D eigenvalue weighted by Gasteiger charge is -2.02. The summed E-state index contributed by atoms with van der Waals surface area (Å²) in [4.78, 5) is 0. The number of nitrogen functional groups attached to an aromatic ring is 1. The predicted molar refractivity (Wildman–Crippen MR) is 64.0 cm³/mol. The summed E-state index contributed by atoms with van der Waals surface area (Å²) in [7, 11) is 1.99. The molecule has 0 aliphatic rings. The minimum atomic E-state index is 0.804. The van der Waals surface area contributed by atoms with Crippen molar-refractivity contribution in [2.45, 2.75) is 19.8 Å². The zero-order valence-corrected chi connectivity index (χ0v) is 9.64. The first-order valence-electron chi connectivity index (χ1n) is 5.36. The molecule has 0 aliphatic carbocycles. The van der Waals surface area contributed by atoms with Crippen molar-refractivity contribution in [3.8, 4) is 0 Å². The molecule has 0 radical (unpaired) electrons. The lowest BCUT2D eigenvalue weighted by Crippen LogP contribution is -2.01. The normalized spacial score (nSPS) is 10.6. The minimum Gasteiger partial charge on any atom is -0.399 e. The van der Waals surface area contributed by atoms with Crippen LogP contribution in [0.4, 0.5) is 5.69 Å². The molecule has 0 bridgehead atoms. The van der Waals surface area contributed by atoms with Gasteiger partial charge in [0.05, 0.1) is 0 Å². The van der Waals surface area contributed by atoms with Crippen LogP contribution in [0.3, 0.4) is 0 Å². The van der Waals surface area contributed by atoms with E-state index in [1.54, 1.807) is 0 Å². The highest BCUT2D eigenvalue weighted by atomic mass is 15.3. The first kappa shape index (κ1) is 10.7. The molecule has 1 heterocycles. The Bertz CT molecular complexity index is 470. The van der Waals surface area contributed by atoms with E-state index >= 15 is 0 Å². The fraction of sp³-hybridized carbons (Fsp3) is 0.333. The van der Waals surface area contributed by atoms with Gasteiger partial charge in [-0.25, -0.2) is 0 Å². The van der Waals surface area contributed by atoms with Crippen molar-refractivity contribution in [2.24, 2.45) is 7.05 Å². The minimum absolute atomic E-state index is 0.804. The van der Waals surface area contributed by atoms with Gasteiger partial charge in [0.2, 0.25) is 0 Å². The van der Waals surface area contributed by atoms with Gasteiger partial charge in [-0.3, -0.25) is 0 Å². The van der Waals surface area contributed by atoms with Gasteiger partial charge in [-0.2, -0.15) is 0 Å². The van der Waals surface area contributed by atoms with E-state index in [1.807, 2.05) is 30.7 Å². The molecular weight excluding hydrogens is 200 g/mol. The third-order valence-corrected chi connectivity index (χ3v) is 2.80. The number of aromatic nitrogens is 3. The summed E-state index contributed by atoms with van der Waals surface area (Å²) in [6.07, 6.45) is 1.87. The van der Waals surface area contributed by atoms with Gasteiger partial charge in [-0.05, 0) is 31.0 Å². The van der Waals surface area contributed by atoms with E-state index in [0.717, 1.165) is 30.2 Å². The summed E-state index contributed by atoms with van der Waals surface area (Å²) in [6.45, 7) is 1.96. The average Bonchev–Trinajstić information content (AvgIpc) is 2.60. The zero-order chi connectivity index (χ0) is 11.5. The molecule has 4 heteroatoms. The molecule has 0 fully saturated rings. The maximum absolute atomic E-state index is 5.63. The van der Waals surface area contributed by atoms with Gasteiger partial charge in [0.25, 0.3) is 0 Å². The molecule has 0 spiro atoms. The second-order valence-electron chi connectivity index (χ2n) is 3.96. The summed E-state index contributed by atoms with van der Waals surface area (Å²) in [5, 5.41) is 8.17. The topological polar surface area (TPSA) is 56.7 Å². The van der Waals surface area contributed by atoms with E-state index in [9.17, 15) is 0 Å². The van der Waals surface area contributed by atoms with Crippen LogP contribution in [0.1, 0.15) is 17.2 Å². The molecule has 2 N–H and O–H groups in total. The van der Waals surface area contributed by atoms with Crippen molar-refractivity contribution in [1.29, 1.82) is 0 Å². The number of nitrogens with zero attached hydrogens (tertiary/aromatic N) is 3. The number of hydrogen-bond donors (Lipinski definition) is 1. The second kappa shape index (κ2) is 4.35. The van der Waals surface area contributed by atoms with E-state index in [-0.39, 0.29) is 0 Å². The molecule has 4 nitrogen and oxygen atoms in total. The Hall–Kier alpha value is -1.84. The van der Waals surface area contributed by atoms with E-state index < -0.39 is 0 Å². The number of rotatable bonds is 3. The average molecular weight is 216 g/mol. The molecule has 1 aromatic carbocycles. The molecule has 0 amide bonds. The lowest BCUT2D eigenvalue weighted by molar-refractivity contribution is 0.755. The van der Waals surface area contributed by atoms with Gasteiger partial charge < -0.3 is 10.3 Å². The SMILES string of the molecule is Cc1nnc(CCc2ccc(N)cc2)n1C. The van der Waals surface area contributed by atoms with E-state index in [1.165, 1.54) is 5.56 Å². The van der Waals surface area contributed by atoms with Crippen molar-refractivity contribution in [3.63, 3.8) is 0 Å². The maximum Gasteiger partial charge on any atom is 0.133 e. The van der Waals surface area contributed by atoms with Gasteiger partial charge in [-0.1, -0.05) is 12.1 Å². The molecule has 0 aliphatic heterocycles. The van der Waals surface area contributed by atoms with Gasteiger partial charge >= 0.3 is 0 Å². The van der Waals surface area contributed by atoms with Crippen LogP contribution in [0.25, 0.3) is 0 Å². The van der Waals surface area contributed by atoms with Crippen LogP contribution in [0, 0.1) is 6.92 Å². The summed E-state index contributed by atoms with van der Waals surface area (Å²) in [6, 6.07) is 7.96. The quantitative estimate of drug-likeness (QED) is 0.791. The predicted octanol–water partition coefficient (Wildman–Crippen LogP) is 1.49. The largest absolute Gasteiger partial charge is 0.399 e. The summed E-state index contributed by atoms with van der Waals surface area (Å²) in [5.41, 5.74) is 7.71. The molecule has 84 valence electrons. The van der Waals surface area contributed by atoms with Crippen LogP contribution in [-0.4, -0.2) is 14.8 Å². The summed E-state index contributed by atoms with van der Waals surface area (Å²) < 4.78 is 2.03. The Balaban J connectivity index is 2.02. The molecule has 1 aromatic heterocycles. The fourth-order valence-electron chi connectivity index (χ4n) is 1.61. The Labute approximate surface area is 95.1 Å². The number of benzene rings is 1. The number of hydrogen-bond acceptors (Lipinski definition) is 3. The van der Waals surface area contributed by atoms with Crippen LogP contribution in [0.15, 0.2) is 24.3 Å². The van der Waals surface area contributed by atoms with Gasteiger partial charge in [0.1, 0.15) is 11.6 Å². The third kappa shape index (κ3) is 2.21. The molecule has 2 rings (SSSR count). The van der Waals surface area contributed by atoms with Crippen molar-refractivity contribution in [3.05, 3.63) is 41.5 Å². The number of anilines is 1. The Morgan fingerprint density at radius 1 is 1.12 bits per heavy atom. The summed E-state index contributed by atoms with van der Waals surface area (Å²) in [5.74, 6) is 1.97. The van der Waals surface area contributed by atoms with E-state index in [0.29, 0.717) is 0 Å². The van der Waals surface area contributed by atoms with Crippen LogP contribution in [-0.2, 0) is 19.9 Å². The molecule has 0 atom stereocenters. The lowest BCUT2D eigenvalue weighted by atomic mass is 10.1. The van der Waals surface area contributed by atoms with Gasteiger partial charge in [0, 0.05) is 19.2 Å². The molecule has 0 unspecified atom stereocenters. The molecular formula is C12H16N4. The summed E-state index contributed by atoms with van der Waals surface area (Å²) >= 11 is 0.